The average Bonchev–Trinajstić information content (AvgIpc) is 2.09. The van der Waals surface area contributed by atoms with E-state index in [2.05, 4.69) is 5.32 Å². The molecule has 106 valence electrons. The van der Waals surface area contributed by atoms with E-state index in [0.29, 0.717) is 6.42 Å². The first kappa shape index (κ1) is 16.9. The maximum atomic E-state index is 12.0. The van der Waals surface area contributed by atoms with Crippen LogP contribution in [0.3, 0.4) is 0 Å². The summed E-state index contributed by atoms with van der Waals surface area (Å²) in [4.78, 5) is 23.7. The molecule has 1 amide bonds. The Balaban J connectivity index is 4.58. The highest BCUT2D eigenvalue weighted by molar-refractivity contribution is 5.84. The fourth-order valence-electron chi connectivity index (χ4n) is 1.47. The molecule has 4 nitrogen and oxygen atoms in total. The molecular formula is C14H27NO3. The fourth-order valence-corrected chi connectivity index (χ4v) is 1.47. The van der Waals surface area contributed by atoms with Gasteiger partial charge in [0.05, 0.1) is 0 Å². The second kappa shape index (κ2) is 6.76. The van der Waals surface area contributed by atoms with Crippen LogP contribution in [-0.2, 0) is 14.3 Å². The Morgan fingerprint density at radius 2 is 1.61 bits per heavy atom. The molecule has 1 N–H and O–H groups in total. The molecule has 0 radical (unpaired) electrons. The van der Waals surface area contributed by atoms with Crippen molar-refractivity contribution in [2.24, 2.45) is 11.8 Å². The highest BCUT2D eigenvalue weighted by Crippen LogP contribution is 2.13. The lowest BCUT2D eigenvalue weighted by atomic mass is 10.0. The van der Waals surface area contributed by atoms with Gasteiger partial charge in [0.1, 0.15) is 11.6 Å². The van der Waals surface area contributed by atoms with Crippen molar-refractivity contribution in [3.05, 3.63) is 0 Å². The van der Waals surface area contributed by atoms with Gasteiger partial charge in [-0.3, -0.25) is 4.79 Å². The fraction of sp³-hybridized carbons (Fsp3) is 0.857. The highest BCUT2D eigenvalue weighted by atomic mass is 16.6. The van der Waals surface area contributed by atoms with Gasteiger partial charge in [-0.15, -0.1) is 0 Å². The summed E-state index contributed by atoms with van der Waals surface area (Å²) in [5.74, 6) is -0.184. The second-order valence-corrected chi connectivity index (χ2v) is 6.42. The Morgan fingerprint density at radius 3 is 1.94 bits per heavy atom. The second-order valence-electron chi connectivity index (χ2n) is 6.42. The molecular weight excluding hydrogens is 230 g/mol. The number of rotatable bonds is 5. The number of hydrogen-bond acceptors (Lipinski definition) is 3. The van der Waals surface area contributed by atoms with Crippen molar-refractivity contribution in [3.63, 3.8) is 0 Å². The van der Waals surface area contributed by atoms with Crippen molar-refractivity contribution in [2.75, 3.05) is 0 Å². The predicted molar refractivity (Wildman–Crippen MR) is 72.1 cm³/mol. The minimum absolute atomic E-state index is 0.0102. The molecule has 0 rings (SSSR count). The maximum absolute atomic E-state index is 12.0. The molecule has 0 unspecified atom stereocenters. The first-order chi connectivity index (χ1) is 8.03. The summed E-state index contributed by atoms with van der Waals surface area (Å²) in [6, 6.07) is -0.574. The van der Waals surface area contributed by atoms with Gasteiger partial charge >= 0.3 is 5.97 Å². The summed E-state index contributed by atoms with van der Waals surface area (Å²) >= 11 is 0. The van der Waals surface area contributed by atoms with Crippen LogP contribution in [0.2, 0.25) is 0 Å². The van der Waals surface area contributed by atoms with E-state index in [9.17, 15) is 9.59 Å². The van der Waals surface area contributed by atoms with E-state index in [1.165, 1.54) is 0 Å². The molecule has 0 aromatic heterocycles. The summed E-state index contributed by atoms with van der Waals surface area (Å²) in [7, 11) is 0. The predicted octanol–water partition coefficient (Wildman–Crippen LogP) is 2.52. The van der Waals surface area contributed by atoms with Crippen LogP contribution in [0.5, 0.6) is 0 Å². The molecule has 0 saturated heterocycles. The van der Waals surface area contributed by atoms with Crippen LogP contribution in [0.4, 0.5) is 0 Å². The van der Waals surface area contributed by atoms with E-state index in [1.54, 1.807) is 0 Å². The third kappa shape index (κ3) is 7.30. The normalized spacial score (nSPS) is 13.6. The number of amides is 1. The molecule has 0 heterocycles. The van der Waals surface area contributed by atoms with Crippen molar-refractivity contribution in [2.45, 2.75) is 66.5 Å². The molecule has 0 aliphatic carbocycles. The Bertz CT molecular complexity index is 290. The minimum Gasteiger partial charge on any atom is -0.458 e. The van der Waals surface area contributed by atoms with Crippen LogP contribution in [0.15, 0.2) is 0 Å². The Morgan fingerprint density at radius 1 is 1.11 bits per heavy atom. The zero-order valence-electron chi connectivity index (χ0n) is 12.7. The van der Waals surface area contributed by atoms with E-state index >= 15 is 0 Å². The van der Waals surface area contributed by atoms with Crippen LogP contribution in [0.25, 0.3) is 0 Å². The monoisotopic (exact) mass is 257 g/mol. The van der Waals surface area contributed by atoms with Gasteiger partial charge in [-0.1, -0.05) is 27.7 Å². The van der Waals surface area contributed by atoms with Gasteiger partial charge in [-0.05, 0) is 32.6 Å². The molecule has 0 aromatic rings. The van der Waals surface area contributed by atoms with Crippen molar-refractivity contribution < 1.29 is 14.3 Å². The molecule has 4 heteroatoms. The van der Waals surface area contributed by atoms with Gasteiger partial charge in [0, 0.05) is 6.42 Å². The standard InChI is InChI=1S/C14H27NO3/c1-9(2)8-11(16)15-12(10(3)4)13(17)18-14(5,6)7/h9-10,12H,8H2,1-7H3,(H,15,16)/t12-/m1/s1. The average molecular weight is 257 g/mol. The number of carbonyl (C=O) groups is 2. The SMILES string of the molecule is CC(C)CC(=O)N[C@@H](C(=O)OC(C)(C)C)C(C)C. The van der Waals surface area contributed by atoms with Gasteiger partial charge in [0.15, 0.2) is 0 Å². The van der Waals surface area contributed by atoms with Gasteiger partial charge in [0.25, 0.3) is 0 Å². The summed E-state index contributed by atoms with van der Waals surface area (Å²) in [5.41, 5.74) is -0.535. The first-order valence-corrected chi connectivity index (χ1v) is 6.55. The lowest BCUT2D eigenvalue weighted by molar-refractivity contribution is -0.160. The quantitative estimate of drug-likeness (QED) is 0.770. The Hall–Kier alpha value is -1.06. The van der Waals surface area contributed by atoms with Gasteiger partial charge in [0.2, 0.25) is 5.91 Å². The van der Waals surface area contributed by atoms with E-state index in [4.69, 9.17) is 4.74 Å². The summed E-state index contributed by atoms with van der Waals surface area (Å²) in [5, 5.41) is 2.76. The highest BCUT2D eigenvalue weighted by Gasteiger charge is 2.29. The van der Waals surface area contributed by atoms with Gasteiger partial charge < -0.3 is 10.1 Å². The summed E-state index contributed by atoms with van der Waals surface area (Å²) in [6.45, 7) is 13.2. The van der Waals surface area contributed by atoms with Crippen LogP contribution < -0.4 is 5.32 Å². The molecule has 0 aliphatic heterocycles. The zero-order chi connectivity index (χ0) is 14.5. The van der Waals surface area contributed by atoms with Crippen LogP contribution in [0, 0.1) is 11.8 Å². The number of nitrogens with one attached hydrogen (secondary N) is 1. The molecule has 0 aliphatic rings. The largest absolute Gasteiger partial charge is 0.458 e. The molecule has 0 aromatic carbocycles. The van der Waals surface area contributed by atoms with Gasteiger partial charge in [-0.2, -0.15) is 0 Å². The number of ether oxygens (including phenoxy) is 1. The van der Waals surface area contributed by atoms with E-state index in [-0.39, 0.29) is 23.7 Å². The lowest BCUT2D eigenvalue weighted by Crippen LogP contribution is -2.47. The molecule has 0 fully saturated rings. The number of hydrogen-bond donors (Lipinski definition) is 1. The minimum atomic E-state index is -0.574. The van der Waals surface area contributed by atoms with Crippen LogP contribution in [-0.4, -0.2) is 23.5 Å². The summed E-state index contributed by atoms with van der Waals surface area (Å²) in [6.07, 6.45) is 0.423. The molecule has 1 atom stereocenters. The first-order valence-electron chi connectivity index (χ1n) is 6.55. The number of carbonyl (C=O) groups excluding carboxylic acids is 2. The van der Waals surface area contributed by atoms with Gasteiger partial charge in [-0.25, -0.2) is 4.79 Å². The third-order valence-electron chi connectivity index (χ3n) is 2.24. The van der Waals surface area contributed by atoms with E-state index in [1.807, 2.05) is 48.5 Å². The smallest absolute Gasteiger partial charge is 0.329 e. The van der Waals surface area contributed by atoms with Crippen molar-refractivity contribution in [1.29, 1.82) is 0 Å². The van der Waals surface area contributed by atoms with Crippen LogP contribution >= 0.6 is 0 Å². The van der Waals surface area contributed by atoms with E-state index in [0.717, 1.165) is 0 Å². The van der Waals surface area contributed by atoms with Crippen molar-refractivity contribution in [1.82, 2.24) is 5.32 Å². The molecule has 0 saturated carbocycles. The topological polar surface area (TPSA) is 55.4 Å². The van der Waals surface area contributed by atoms with Crippen molar-refractivity contribution in [3.8, 4) is 0 Å². The molecule has 0 bridgehead atoms. The zero-order valence-corrected chi connectivity index (χ0v) is 12.7. The molecule has 18 heavy (non-hydrogen) atoms. The maximum Gasteiger partial charge on any atom is 0.329 e. The number of esters is 1. The van der Waals surface area contributed by atoms with Crippen LogP contribution in [0.1, 0.15) is 54.9 Å². The van der Waals surface area contributed by atoms with Crippen molar-refractivity contribution >= 4 is 11.9 Å². The lowest BCUT2D eigenvalue weighted by Gasteiger charge is -2.26. The Kier molecular flexibility index (Phi) is 6.36. The summed E-state index contributed by atoms with van der Waals surface area (Å²) < 4.78 is 5.31. The van der Waals surface area contributed by atoms with E-state index < -0.39 is 11.6 Å². The third-order valence-corrected chi connectivity index (χ3v) is 2.24. The Labute approximate surface area is 110 Å². The molecule has 0 spiro atoms.